The molecule has 24 heavy (non-hydrogen) atoms. The van der Waals surface area contributed by atoms with Gasteiger partial charge in [-0.2, -0.15) is 4.31 Å². The lowest BCUT2D eigenvalue weighted by molar-refractivity contribution is 0.00874. The lowest BCUT2D eigenvalue weighted by Gasteiger charge is -2.23. The van der Waals surface area contributed by atoms with E-state index in [-0.39, 0.29) is 31.0 Å². The van der Waals surface area contributed by atoms with Gasteiger partial charge in [0.25, 0.3) is 0 Å². The number of rotatable bonds is 5. The lowest BCUT2D eigenvalue weighted by atomic mass is 10.1. The summed E-state index contributed by atoms with van der Waals surface area (Å²) >= 11 is 0. The van der Waals surface area contributed by atoms with Crippen LogP contribution in [0.5, 0.6) is 5.75 Å². The molecule has 1 N–H and O–H groups in total. The minimum atomic E-state index is -3.98. The van der Waals surface area contributed by atoms with Crippen molar-refractivity contribution in [2.24, 2.45) is 0 Å². The summed E-state index contributed by atoms with van der Waals surface area (Å²) in [6.45, 7) is -0.0396. The second kappa shape index (κ2) is 6.51. The van der Waals surface area contributed by atoms with Crippen molar-refractivity contribution in [3.63, 3.8) is 0 Å². The molecule has 0 aromatic heterocycles. The van der Waals surface area contributed by atoms with Crippen LogP contribution in [0.2, 0.25) is 0 Å². The van der Waals surface area contributed by atoms with E-state index in [1.807, 2.05) is 18.2 Å². The number of para-hydroxylation sites is 1. The van der Waals surface area contributed by atoms with E-state index in [4.69, 9.17) is 4.74 Å². The molecular formula is C17H18FNO4S. The first-order valence-electron chi connectivity index (χ1n) is 7.56. The SMILES string of the molecule is O=S(=O)(c1ccccc1F)N1CCC(O)(COc2ccccc2)C1. The normalized spacial score (nSPS) is 21.8. The summed E-state index contributed by atoms with van der Waals surface area (Å²) in [4.78, 5) is -0.377. The molecule has 2 aromatic carbocycles. The molecule has 1 aliphatic rings. The van der Waals surface area contributed by atoms with Gasteiger partial charge in [0.05, 0.1) is 0 Å². The van der Waals surface area contributed by atoms with Crippen LogP contribution in [0.3, 0.4) is 0 Å². The third-order valence-corrected chi connectivity index (χ3v) is 5.88. The first-order valence-corrected chi connectivity index (χ1v) is 9.00. The summed E-state index contributed by atoms with van der Waals surface area (Å²) in [7, 11) is -3.98. The quantitative estimate of drug-likeness (QED) is 0.895. The molecule has 7 heteroatoms. The molecule has 128 valence electrons. The largest absolute Gasteiger partial charge is 0.491 e. The van der Waals surface area contributed by atoms with E-state index in [9.17, 15) is 17.9 Å². The number of hydrogen-bond donors (Lipinski definition) is 1. The highest BCUT2D eigenvalue weighted by Gasteiger charge is 2.43. The summed E-state index contributed by atoms with van der Waals surface area (Å²) < 4.78 is 45.5. The fourth-order valence-electron chi connectivity index (χ4n) is 2.67. The Kier molecular flexibility index (Phi) is 4.58. The van der Waals surface area contributed by atoms with Gasteiger partial charge in [0.1, 0.15) is 28.7 Å². The van der Waals surface area contributed by atoms with Gasteiger partial charge in [0.2, 0.25) is 10.0 Å². The van der Waals surface area contributed by atoms with Crippen molar-refractivity contribution in [2.45, 2.75) is 16.9 Å². The molecular weight excluding hydrogens is 333 g/mol. The highest BCUT2D eigenvalue weighted by atomic mass is 32.2. The van der Waals surface area contributed by atoms with E-state index in [0.29, 0.717) is 5.75 Å². The van der Waals surface area contributed by atoms with Gasteiger partial charge in [-0.25, -0.2) is 12.8 Å². The van der Waals surface area contributed by atoms with E-state index >= 15 is 0 Å². The van der Waals surface area contributed by atoms with Crippen molar-refractivity contribution in [3.8, 4) is 5.75 Å². The molecule has 1 saturated heterocycles. The summed E-state index contributed by atoms with van der Waals surface area (Å²) in [6, 6.07) is 14.2. The number of sulfonamides is 1. The Labute approximate surface area is 140 Å². The van der Waals surface area contributed by atoms with Gasteiger partial charge in [-0.1, -0.05) is 30.3 Å². The molecule has 1 atom stereocenters. The second-order valence-electron chi connectivity index (χ2n) is 5.85. The molecule has 5 nitrogen and oxygen atoms in total. The average Bonchev–Trinajstić information content (AvgIpc) is 2.98. The highest BCUT2D eigenvalue weighted by Crippen LogP contribution is 2.29. The molecule has 1 heterocycles. The van der Waals surface area contributed by atoms with Crippen molar-refractivity contribution in [1.29, 1.82) is 0 Å². The maximum Gasteiger partial charge on any atom is 0.246 e. The molecule has 1 unspecified atom stereocenters. The van der Waals surface area contributed by atoms with E-state index in [1.165, 1.54) is 18.2 Å². The van der Waals surface area contributed by atoms with E-state index in [0.717, 1.165) is 10.4 Å². The second-order valence-corrected chi connectivity index (χ2v) is 7.75. The van der Waals surface area contributed by atoms with Gasteiger partial charge in [-0.05, 0) is 30.7 Å². The Balaban J connectivity index is 1.71. The maximum atomic E-state index is 13.8. The zero-order valence-corrected chi connectivity index (χ0v) is 13.7. The number of hydrogen-bond acceptors (Lipinski definition) is 4. The number of β-amino-alcohol motifs (C(OH)–C–C–N with tert-alkyl or cyclic N) is 1. The Morgan fingerprint density at radius 1 is 1.12 bits per heavy atom. The minimum absolute atomic E-state index is 0.0275. The van der Waals surface area contributed by atoms with Gasteiger partial charge in [0.15, 0.2) is 0 Å². The van der Waals surface area contributed by atoms with Gasteiger partial charge in [0, 0.05) is 13.1 Å². The van der Waals surface area contributed by atoms with Crippen LogP contribution >= 0.6 is 0 Å². The van der Waals surface area contributed by atoms with Gasteiger partial charge in [-0.3, -0.25) is 0 Å². The summed E-state index contributed by atoms with van der Waals surface area (Å²) in [6.07, 6.45) is 0.230. The third kappa shape index (κ3) is 3.43. The van der Waals surface area contributed by atoms with Crippen LogP contribution in [-0.4, -0.2) is 43.1 Å². The van der Waals surface area contributed by atoms with E-state index in [2.05, 4.69) is 0 Å². The molecule has 0 aliphatic carbocycles. The Bertz CT molecular complexity index is 812. The summed E-state index contributed by atoms with van der Waals surface area (Å²) in [5.41, 5.74) is -1.30. The zero-order valence-electron chi connectivity index (χ0n) is 12.9. The third-order valence-electron chi connectivity index (χ3n) is 4.00. The monoisotopic (exact) mass is 351 g/mol. The maximum absolute atomic E-state index is 13.8. The van der Waals surface area contributed by atoms with Crippen LogP contribution in [0.4, 0.5) is 4.39 Å². The standard InChI is InChI=1S/C17H18FNO4S/c18-15-8-4-5-9-16(15)24(21,22)19-11-10-17(20,12-19)13-23-14-6-2-1-3-7-14/h1-9,20H,10-13H2. The van der Waals surface area contributed by atoms with Crippen LogP contribution in [-0.2, 0) is 10.0 Å². The fraction of sp³-hybridized carbons (Fsp3) is 0.294. The Hall–Kier alpha value is -1.96. The lowest BCUT2D eigenvalue weighted by Crippen LogP contribution is -2.40. The van der Waals surface area contributed by atoms with Gasteiger partial charge in [-0.15, -0.1) is 0 Å². The average molecular weight is 351 g/mol. The smallest absolute Gasteiger partial charge is 0.246 e. The molecule has 2 aromatic rings. The van der Waals surface area contributed by atoms with Crippen molar-refractivity contribution in [2.75, 3.05) is 19.7 Å². The number of aliphatic hydroxyl groups is 1. The molecule has 0 saturated carbocycles. The molecule has 0 bridgehead atoms. The number of halogens is 1. The van der Waals surface area contributed by atoms with Crippen molar-refractivity contribution >= 4 is 10.0 Å². The Morgan fingerprint density at radius 2 is 1.79 bits per heavy atom. The van der Waals surface area contributed by atoms with Crippen LogP contribution in [0.15, 0.2) is 59.5 Å². The first-order chi connectivity index (χ1) is 11.4. The number of nitrogens with zero attached hydrogens (tertiary/aromatic N) is 1. The number of ether oxygens (including phenoxy) is 1. The van der Waals surface area contributed by atoms with Crippen molar-refractivity contribution < 1.29 is 22.7 Å². The number of benzene rings is 2. The van der Waals surface area contributed by atoms with Gasteiger partial charge < -0.3 is 9.84 Å². The predicted molar refractivity (Wildman–Crippen MR) is 86.7 cm³/mol. The Morgan fingerprint density at radius 3 is 2.50 bits per heavy atom. The van der Waals surface area contributed by atoms with Gasteiger partial charge >= 0.3 is 0 Å². The predicted octanol–water partition coefficient (Wildman–Crippen LogP) is 2.03. The van der Waals surface area contributed by atoms with E-state index < -0.39 is 21.4 Å². The van der Waals surface area contributed by atoms with Crippen LogP contribution in [0.1, 0.15) is 6.42 Å². The minimum Gasteiger partial charge on any atom is -0.491 e. The molecule has 1 fully saturated rings. The summed E-state index contributed by atoms with van der Waals surface area (Å²) in [5.74, 6) is -0.199. The van der Waals surface area contributed by atoms with Crippen LogP contribution in [0.25, 0.3) is 0 Å². The summed E-state index contributed by atoms with van der Waals surface area (Å²) in [5, 5.41) is 10.6. The first kappa shape index (κ1) is 16.9. The molecule has 0 amide bonds. The fourth-order valence-corrected chi connectivity index (χ4v) is 4.25. The molecule has 1 aliphatic heterocycles. The van der Waals surface area contributed by atoms with Crippen molar-refractivity contribution in [3.05, 3.63) is 60.4 Å². The zero-order chi connectivity index (χ0) is 17.2. The molecule has 3 rings (SSSR count). The van der Waals surface area contributed by atoms with Crippen molar-refractivity contribution in [1.82, 2.24) is 4.31 Å². The van der Waals surface area contributed by atoms with Crippen LogP contribution in [0, 0.1) is 5.82 Å². The topological polar surface area (TPSA) is 66.8 Å². The van der Waals surface area contributed by atoms with E-state index in [1.54, 1.807) is 12.1 Å². The molecule has 0 spiro atoms. The van der Waals surface area contributed by atoms with Crippen LogP contribution < -0.4 is 4.74 Å². The highest BCUT2D eigenvalue weighted by molar-refractivity contribution is 7.89. The molecule has 0 radical (unpaired) electrons.